The van der Waals surface area contributed by atoms with Crippen LogP contribution in [0, 0.1) is 13.8 Å². The lowest BCUT2D eigenvalue weighted by Gasteiger charge is -2.29. The minimum atomic E-state index is 0.189. The van der Waals surface area contributed by atoms with Gasteiger partial charge in [-0.2, -0.15) is 0 Å². The Morgan fingerprint density at radius 2 is 1.94 bits per heavy atom. The van der Waals surface area contributed by atoms with E-state index in [1.165, 1.54) is 4.88 Å². The molecule has 0 saturated heterocycles. The molecule has 0 amide bonds. The van der Waals surface area contributed by atoms with Crippen LogP contribution in [0.15, 0.2) is 0 Å². The first kappa shape index (κ1) is 13.5. The van der Waals surface area contributed by atoms with Crippen molar-refractivity contribution in [1.29, 1.82) is 0 Å². The number of aryl methyl sites for hydroxylation is 2. The van der Waals surface area contributed by atoms with Crippen LogP contribution in [-0.4, -0.2) is 29.3 Å². The highest BCUT2D eigenvalue weighted by Crippen LogP contribution is 2.27. The third-order valence-corrected chi connectivity index (χ3v) is 4.10. The van der Waals surface area contributed by atoms with Crippen LogP contribution in [0.25, 0.3) is 0 Å². The third-order valence-electron chi connectivity index (χ3n) is 2.99. The lowest BCUT2D eigenvalue weighted by Crippen LogP contribution is -2.36. The van der Waals surface area contributed by atoms with Gasteiger partial charge in [0.2, 0.25) is 0 Å². The van der Waals surface area contributed by atoms with Crippen LogP contribution in [0.3, 0.4) is 0 Å². The molecular formula is C12H22N2OS. The first-order valence-corrected chi connectivity index (χ1v) is 6.77. The molecule has 0 spiro atoms. The zero-order valence-electron chi connectivity index (χ0n) is 10.7. The van der Waals surface area contributed by atoms with E-state index in [1.54, 1.807) is 11.3 Å². The van der Waals surface area contributed by atoms with Gasteiger partial charge in [0.15, 0.2) is 5.13 Å². The molecule has 4 heteroatoms. The zero-order chi connectivity index (χ0) is 12.1. The van der Waals surface area contributed by atoms with Crippen molar-refractivity contribution in [3.05, 3.63) is 10.6 Å². The third kappa shape index (κ3) is 2.95. The Bertz CT molecular complexity index is 301. The number of aliphatic hydroxyl groups excluding tert-OH is 1. The molecule has 1 rings (SSSR count). The van der Waals surface area contributed by atoms with E-state index in [0.717, 1.165) is 23.7 Å². The average Bonchev–Trinajstić information content (AvgIpc) is 2.59. The van der Waals surface area contributed by atoms with E-state index in [2.05, 4.69) is 30.7 Å². The van der Waals surface area contributed by atoms with Crippen molar-refractivity contribution >= 4 is 16.5 Å². The second-order valence-electron chi connectivity index (χ2n) is 4.03. The number of aromatic nitrogens is 1. The molecule has 0 aliphatic rings. The fraction of sp³-hybridized carbons (Fsp3) is 0.750. The Labute approximate surface area is 102 Å². The van der Waals surface area contributed by atoms with Crippen LogP contribution in [0.2, 0.25) is 0 Å². The highest BCUT2D eigenvalue weighted by molar-refractivity contribution is 7.15. The number of anilines is 1. The van der Waals surface area contributed by atoms with Gasteiger partial charge in [0.1, 0.15) is 0 Å². The van der Waals surface area contributed by atoms with E-state index < -0.39 is 0 Å². The molecule has 1 N–H and O–H groups in total. The van der Waals surface area contributed by atoms with Gasteiger partial charge in [0.25, 0.3) is 0 Å². The summed E-state index contributed by atoms with van der Waals surface area (Å²) in [4.78, 5) is 8.09. The fourth-order valence-electron chi connectivity index (χ4n) is 1.85. The number of hydrogen-bond acceptors (Lipinski definition) is 4. The molecule has 0 aromatic carbocycles. The molecule has 0 radical (unpaired) electrons. The summed E-state index contributed by atoms with van der Waals surface area (Å²) in [5.74, 6) is 0. The van der Waals surface area contributed by atoms with Crippen molar-refractivity contribution in [3.63, 3.8) is 0 Å². The summed E-state index contributed by atoms with van der Waals surface area (Å²) in [5, 5.41) is 10.2. The molecular weight excluding hydrogens is 220 g/mol. The van der Waals surface area contributed by atoms with Gasteiger partial charge in [0, 0.05) is 17.5 Å². The van der Waals surface area contributed by atoms with Crippen molar-refractivity contribution in [1.82, 2.24) is 4.98 Å². The summed E-state index contributed by atoms with van der Waals surface area (Å²) in [6.07, 6.45) is 2.18. The quantitative estimate of drug-likeness (QED) is 0.833. The topological polar surface area (TPSA) is 36.4 Å². The number of hydrogen-bond donors (Lipinski definition) is 1. The molecule has 1 heterocycles. The summed E-state index contributed by atoms with van der Waals surface area (Å²) in [6, 6.07) is 0.483. The van der Waals surface area contributed by atoms with Gasteiger partial charge in [-0.1, -0.05) is 13.8 Å². The van der Waals surface area contributed by atoms with Crippen molar-refractivity contribution in [2.24, 2.45) is 0 Å². The molecule has 3 nitrogen and oxygen atoms in total. The predicted octanol–water partition coefficient (Wildman–Crippen LogP) is 2.75. The van der Waals surface area contributed by atoms with Crippen molar-refractivity contribution in [3.8, 4) is 0 Å². The standard InChI is InChI=1S/C12H22N2OS/c1-5-11(6-2)14(7-8-15)12-13-9(3)10(4)16-12/h11,15H,5-8H2,1-4H3. The van der Waals surface area contributed by atoms with Gasteiger partial charge in [-0.15, -0.1) is 11.3 Å². The lowest BCUT2D eigenvalue weighted by molar-refractivity contribution is 0.296. The molecule has 16 heavy (non-hydrogen) atoms. The Kier molecular flexibility index (Phi) is 5.22. The minimum absolute atomic E-state index is 0.189. The molecule has 0 aliphatic carbocycles. The van der Waals surface area contributed by atoms with Crippen molar-refractivity contribution in [2.75, 3.05) is 18.1 Å². The van der Waals surface area contributed by atoms with Crippen molar-refractivity contribution in [2.45, 2.75) is 46.6 Å². The van der Waals surface area contributed by atoms with Gasteiger partial charge in [0.05, 0.1) is 12.3 Å². The zero-order valence-corrected chi connectivity index (χ0v) is 11.5. The van der Waals surface area contributed by atoms with Crippen LogP contribution >= 0.6 is 11.3 Å². The number of nitrogens with zero attached hydrogens (tertiary/aromatic N) is 2. The molecule has 0 atom stereocenters. The smallest absolute Gasteiger partial charge is 0.186 e. The Morgan fingerprint density at radius 1 is 1.31 bits per heavy atom. The molecule has 0 fully saturated rings. The number of rotatable bonds is 6. The van der Waals surface area contributed by atoms with Gasteiger partial charge >= 0.3 is 0 Å². The largest absolute Gasteiger partial charge is 0.395 e. The molecule has 1 aromatic rings. The van der Waals surface area contributed by atoms with Crippen LogP contribution in [0.1, 0.15) is 37.3 Å². The van der Waals surface area contributed by atoms with Crippen LogP contribution in [0.5, 0.6) is 0 Å². The van der Waals surface area contributed by atoms with E-state index in [4.69, 9.17) is 5.11 Å². The molecule has 92 valence electrons. The summed E-state index contributed by atoms with van der Waals surface area (Å²) >= 11 is 1.73. The Morgan fingerprint density at radius 3 is 2.31 bits per heavy atom. The van der Waals surface area contributed by atoms with E-state index in [1.807, 2.05) is 6.92 Å². The Hall–Kier alpha value is -0.610. The van der Waals surface area contributed by atoms with E-state index in [0.29, 0.717) is 12.6 Å². The van der Waals surface area contributed by atoms with Gasteiger partial charge in [-0.25, -0.2) is 4.98 Å². The summed E-state index contributed by atoms with van der Waals surface area (Å²) in [5.41, 5.74) is 1.11. The molecule has 0 aliphatic heterocycles. The first-order chi connectivity index (χ1) is 7.63. The number of thiazole rings is 1. The van der Waals surface area contributed by atoms with E-state index in [-0.39, 0.29) is 6.61 Å². The lowest BCUT2D eigenvalue weighted by atomic mass is 10.1. The molecule has 1 aromatic heterocycles. The van der Waals surface area contributed by atoms with Crippen LogP contribution in [0.4, 0.5) is 5.13 Å². The monoisotopic (exact) mass is 242 g/mol. The summed E-state index contributed by atoms with van der Waals surface area (Å²) in [7, 11) is 0. The van der Waals surface area contributed by atoms with Gasteiger partial charge in [-0.05, 0) is 26.7 Å². The summed E-state index contributed by atoms with van der Waals surface area (Å²) < 4.78 is 0. The fourth-order valence-corrected chi connectivity index (χ4v) is 2.86. The van der Waals surface area contributed by atoms with E-state index in [9.17, 15) is 0 Å². The summed E-state index contributed by atoms with van der Waals surface area (Å²) in [6.45, 7) is 9.38. The maximum atomic E-state index is 9.15. The Balaban J connectivity index is 2.91. The van der Waals surface area contributed by atoms with Crippen molar-refractivity contribution < 1.29 is 5.11 Å². The minimum Gasteiger partial charge on any atom is -0.395 e. The molecule has 0 unspecified atom stereocenters. The normalized spacial score (nSPS) is 11.1. The van der Waals surface area contributed by atoms with Crippen LogP contribution < -0.4 is 4.90 Å². The highest BCUT2D eigenvalue weighted by atomic mass is 32.1. The molecule has 0 bridgehead atoms. The second kappa shape index (κ2) is 6.21. The van der Waals surface area contributed by atoms with Gasteiger partial charge < -0.3 is 10.0 Å². The predicted molar refractivity (Wildman–Crippen MR) is 70.4 cm³/mol. The van der Waals surface area contributed by atoms with Gasteiger partial charge in [-0.3, -0.25) is 0 Å². The average molecular weight is 242 g/mol. The molecule has 0 saturated carbocycles. The second-order valence-corrected chi connectivity index (χ2v) is 5.21. The van der Waals surface area contributed by atoms with Crippen LogP contribution in [-0.2, 0) is 0 Å². The first-order valence-electron chi connectivity index (χ1n) is 5.95. The number of aliphatic hydroxyl groups is 1. The highest BCUT2D eigenvalue weighted by Gasteiger charge is 2.18. The maximum Gasteiger partial charge on any atom is 0.186 e. The maximum absolute atomic E-state index is 9.15. The van der Waals surface area contributed by atoms with E-state index >= 15 is 0 Å². The SMILES string of the molecule is CCC(CC)N(CCO)c1nc(C)c(C)s1.